The second-order valence-electron chi connectivity index (χ2n) is 13.5. The van der Waals surface area contributed by atoms with Gasteiger partial charge in [0.1, 0.15) is 11.6 Å². The number of carbonyl (C=O) groups is 2. The van der Waals surface area contributed by atoms with Gasteiger partial charge in [-0.2, -0.15) is 0 Å². The molecule has 4 fully saturated rings. The van der Waals surface area contributed by atoms with Crippen molar-refractivity contribution in [2.24, 2.45) is 0 Å². The van der Waals surface area contributed by atoms with Crippen LogP contribution >= 0.6 is 0 Å². The van der Waals surface area contributed by atoms with Gasteiger partial charge < -0.3 is 34.8 Å². The van der Waals surface area contributed by atoms with Gasteiger partial charge in [-0.15, -0.1) is 0 Å². The number of fused-ring (bicyclic) bond motifs is 2. The SMILES string of the molecule is CC(C)N1CCN(C(=O)c2ccc(NC(=O)Nc3ccc(-c4nc(N5C6CCC5COC6)cc(N5CCOC[C@H]5C)n4)cc3)cc2)CC1. The molecule has 5 heterocycles. The number of hydrogen-bond acceptors (Lipinski definition) is 9. The minimum Gasteiger partial charge on any atom is -0.377 e. The molecule has 2 bridgehead atoms. The zero-order valence-electron chi connectivity index (χ0n) is 28.1. The van der Waals surface area contributed by atoms with Crippen LogP contribution in [-0.2, 0) is 9.47 Å². The number of piperazine rings is 1. The number of urea groups is 1. The third kappa shape index (κ3) is 6.96. The van der Waals surface area contributed by atoms with Crippen molar-refractivity contribution in [2.75, 3.05) is 79.6 Å². The second-order valence-corrected chi connectivity index (χ2v) is 13.5. The Morgan fingerprint density at radius 1 is 0.792 bits per heavy atom. The highest BCUT2D eigenvalue weighted by Gasteiger charge is 2.39. The molecule has 0 saturated carbocycles. The number of ether oxygens (including phenoxy) is 2. The number of nitrogens with zero attached hydrogens (tertiary/aromatic N) is 6. The topological polar surface area (TPSA) is 115 Å². The lowest BCUT2D eigenvalue weighted by atomic mass is 10.1. The van der Waals surface area contributed by atoms with Crippen molar-refractivity contribution < 1.29 is 19.1 Å². The number of hydrogen-bond donors (Lipinski definition) is 2. The highest BCUT2D eigenvalue weighted by Crippen LogP contribution is 2.36. The van der Waals surface area contributed by atoms with Crippen LogP contribution in [0.1, 0.15) is 44.0 Å². The van der Waals surface area contributed by atoms with Crippen molar-refractivity contribution in [3.63, 3.8) is 0 Å². The molecule has 254 valence electrons. The van der Waals surface area contributed by atoms with Crippen LogP contribution in [0.5, 0.6) is 0 Å². The number of carbonyl (C=O) groups excluding carboxylic acids is 2. The lowest BCUT2D eigenvalue weighted by Crippen LogP contribution is -2.50. The van der Waals surface area contributed by atoms with E-state index in [1.54, 1.807) is 24.3 Å². The van der Waals surface area contributed by atoms with Gasteiger partial charge in [0.05, 0.1) is 44.6 Å². The van der Waals surface area contributed by atoms with E-state index in [2.05, 4.69) is 52.2 Å². The summed E-state index contributed by atoms with van der Waals surface area (Å²) in [6, 6.07) is 17.8. The molecule has 3 amide bonds. The number of amides is 3. The van der Waals surface area contributed by atoms with E-state index in [0.29, 0.717) is 54.1 Å². The molecule has 0 spiro atoms. The van der Waals surface area contributed by atoms with Crippen LogP contribution in [0, 0.1) is 0 Å². The van der Waals surface area contributed by atoms with E-state index >= 15 is 0 Å². The van der Waals surface area contributed by atoms with E-state index in [9.17, 15) is 9.59 Å². The molecule has 0 aliphatic carbocycles. The quantitative estimate of drug-likeness (QED) is 0.379. The van der Waals surface area contributed by atoms with Gasteiger partial charge in [0.15, 0.2) is 5.82 Å². The van der Waals surface area contributed by atoms with E-state index in [1.165, 1.54) is 0 Å². The Morgan fingerprint density at radius 3 is 2.04 bits per heavy atom. The Balaban J connectivity index is 1.01. The average molecular weight is 655 g/mol. The average Bonchev–Trinajstić information content (AvgIpc) is 3.36. The van der Waals surface area contributed by atoms with Crippen LogP contribution in [0.3, 0.4) is 0 Å². The maximum Gasteiger partial charge on any atom is 0.323 e. The van der Waals surface area contributed by atoms with E-state index in [1.807, 2.05) is 29.2 Å². The fraction of sp³-hybridized carbons (Fsp3) is 0.500. The van der Waals surface area contributed by atoms with Crippen molar-refractivity contribution in [2.45, 2.75) is 57.8 Å². The Labute approximate surface area is 282 Å². The molecule has 3 atom stereocenters. The zero-order chi connectivity index (χ0) is 33.2. The maximum atomic E-state index is 13.0. The third-order valence-corrected chi connectivity index (χ3v) is 9.99. The molecule has 48 heavy (non-hydrogen) atoms. The van der Waals surface area contributed by atoms with E-state index in [0.717, 1.165) is 76.0 Å². The summed E-state index contributed by atoms with van der Waals surface area (Å²) in [6.07, 6.45) is 2.21. The minimum atomic E-state index is -0.365. The van der Waals surface area contributed by atoms with Gasteiger partial charge in [-0.25, -0.2) is 14.8 Å². The molecule has 3 aromatic rings. The third-order valence-electron chi connectivity index (χ3n) is 9.99. The fourth-order valence-corrected chi connectivity index (χ4v) is 7.22. The molecule has 4 aliphatic rings. The normalized spacial score (nSPS) is 23.0. The number of aromatic nitrogens is 2. The molecule has 7 rings (SSSR count). The molecular weight excluding hydrogens is 608 g/mol. The Kier molecular flexibility index (Phi) is 9.47. The second kappa shape index (κ2) is 14.1. The van der Waals surface area contributed by atoms with Gasteiger partial charge in [-0.05, 0) is 82.1 Å². The number of rotatable bonds is 7. The van der Waals surface area contributed by atoms with Gasteiger partial charge >= 0.3 is 6.03 Å². The van der Waals surface area contributed by atoms with Crippen molar-refractivity contribution in [1.82, 2.24) is 19.8 Å². The number of anilines is 4. The summed E-state index contributed by atoms with van der Waals surface area (Å²) in [6.45, 7) is 13.3. The summed E-state index contributed by atoms with van der Waals surface area (Å²) in [5.74, 6) is 2.51. The first-order chi connectivity index (χ1) is 23.3. The Bertz CT molecular complexity index is 1580. The molecule has 2 N–H and O–H groups in total. The van der Waals surface area contributed by atoms with Crippen LogP contribution in [0.2, 0.25) is 0 Å². The molecule has 2 unspecified atom stereocenters. The van der Waals surface area contributed by atoms with Crippen LogP contribution in [0.15, 0.2) is 54.6 Å². The fourth-order valence-electron chi connectivity index (χ4n) is 7.22. The monoisotopic (exact) mass is 654 g/mol. The lowest BCUT2D eigenvalue weighted by Gasteiger charge is -2.38. The molecule has 4 aliphatic heterocycles. The molecule has 12 nitrogen and oxygen atoms in total. The number of morpholine rings is 2. The zero-order valence-corrected chi connectivity index (χ0v) is 28.1. The first kappa shape index (κ1) is 32.3. The summed E-state index contributed by atoms with van der Waals surface area (Å²) in [5, 5.41) is 5.78. The van der Waals surface area contributed by atoms with Crippen molar-refractivity contribution in [1.29, 1.82) is 0 Å². The highest BCUT2D eigenvalue weighted by molar-refractivity contribution is 6.00. The van der Waals surface area contributed by atoms with Crippen LogP contribution in [0.25, 0.3) is 11.4 Å². The van der Waals surface area contributed by atoms with Gasteiger partial charge in [0.2, 0.25) is 0 Å². The summed E-state index contributed by atoms with van der Waals surface area (Å²) >= 11 is 0. The van der Waals surface area contributed by atoms with Crippen molar-refractivity contribution in [3.8, 4) is 11.4 Å². The largest absolute Gasteiger partial charge is 0.377 e. The highest BCUT2D eigenvalue weighted by atomic mass is 16.5. The van der Waals surface area contributed by atoms with Gasteiger partial charge in [0, 0.05) is 67.3 Å². The maximum absolute atomic E-state index is 13.0. The van der Waals surface area contributed by atoms with Crippen molar-refractivity contribution in [3.05, 3.63) is 60.2 Å². The Morgan fingerprint density at radius 2 is 1.42 bits per heavy atom. The number of benzene rings is 2. The van der Waals surface area contributed by atoms with Crippen LogP contribution in [-0.4, -0.2) is 115 Å². The smallest absolute Gasteiger partial charge is 0.323 e. The number of nitrogens with one attached hydrogen (secondary N) is 2. The van der Waals surface area contributed by atoms with Crippen LogP contribution < -0.4 is 20.4 Å². The van der Waals surface area contributed by atoms with Crippen LogP contribution in [0.4, 0.5) is 27.8 Å². The summed E-state index contributed by atoms with van der Waals surface area (Å²) < 4.78 is 11.5. The first-order valence-corrected chi connectivity index (χ1v) is 17.2. The summed E-state index contributed by atoms with van der Waals surface area (Å²) in [4.78, 5) is 45.0. The Hall–Kier alpha value is -4.26. The summed E-state index contributed by atoms with van der Waals surface area (Å²) in [5.41, 5.74) is 2.75. The minimum absolute atomic E-state index is 0.0212. The molecule has 4 saturated heterocycles. The lowest BCUT2D eigenvalue weighted by molar-refractivity contribution is 0.0595. The molecule has 12 heteroatoms. The van der Waals surface area contributed by atoms with E-state index in [4.69, 9.17) is 19.4 Å². The van der Waals surface area contributed by atoms with Gasteiger partial charge in [-0.1, -0.05) is 0 Å². The molecule has 0 radical (unpaired) electrons. The van der Waals surface area contributed by atoms with Crippen molar-refractivity contribution >= 4 is 34.9 Å². The van der Waals surface area contributed by atoms with Gasteiger partial charge in [-0.3, -0.25) is 9.69 Å². The first-order valence-electron chi connectivity index (χ1n) is 17.2. The predicted molar refractivity (Wildman–Crippen MR) is 187 cm³/mol. The standard InChI is InChI=1S/C36H46N8O4/c1-24(2)41-14-16-42(17-15-41)35(45)27-6-10-29(11-7-27)38-36(46)37-28-8-4-26(5-9-28)34-39-32(43-18-19-47-21-25(43)3)20-33(40-34)44-30-12-13-31(44)23-48-22-30/h4-11,20,24-25,30-31H,12-19,21-23H2,1-3H3,(H2,37,38,46)/t25-,30?,31?/m1/s1. The molecule has 2 aromatic carbocycles. The summed E-state index contributed by atoms with van der Waals surface area (Å²) in [7, 11) is 0. The predicted octanol–water partition coefficient (Wildman–Crippen LogP) is 4.55. The molecular formula is C36H46N8O4. The van der Waals surface area contributed by atoms with E-state index < -0.39 is 0 Å². The molecule has 1 aromatic heterocycles. The van der Waals surface area contributed by atoms with E-state index in [-0.39, 0.29) is 18.0 Å². The van der Waals surface area contributed by atoms with Gasteiger partial charge in [0.25, 0.3) is 5.91 Å².